The molecule has 3 aromatic rings. The lowest BCUT2D eigenvalue weighted by atomic mass is 9.87. The van der Waals surface area contributed by atoms with Gasteiger partial charge >= 0.3 is 24.5 Å². The zero-order chi connectivity index (χ0) is 31.1. The van der Waals surface area contributed by atoms with Crippen molar-refractivity contribution in [1.82, 2.24) is 4.90 Å². The first-order valence-electron chi connectivity index (χ1n) is 12.9. The highest BCUT2D eigenvalue weighted by atomic mass is 35.5. The second-order valence-corrected chi connectivity index (χ2v) is 10.7. The number of carbonyl (C=O) groups excluding carboxylic acids is 2. The molecule has 0 unspecified atom stereocenters. The maximum absolute atomic E-state index is 13.6. The first-order valence-corrected chi connectivity index (χ1v) is 13.2. The van der Waals surface area contributed by atoms with Crippen LogP contribution in [0.4, 0.5) is 41.6 Å². The van der Waals surface area contributed by atoms with Crippen LogP contribution in [0, 0.1) is 0 Å². The molecule has 42 heavy (non-hydrogen) atoms. The molecule has 0 fully saturated rings. The number of alkyl halides is 6. The minimum absolute atomic E-state index is 0.0219. The molecule has 0 saturated heterocycles. The van der Waals surface area contributed by atoms with E-state index in [0.29, 0.717) is 34.2 Å². The molecular weight excluding hydrogens is 590 g/mol. The van der Waals surface area contributed by atoms with E-state index < -0.39 is 66.0 Å². The third-order valence-electron chi connectivity index (χ3n) is 6.92. The number of carbonyl (C=O) groups is 2. The summed E-state index contributed by atoms with van der Waals surface area (Å²) in [6.45, 7) is 4.40. The highest BCUT2D eigenvalue weighted by molar-refractivity contribution is 6.36. The van der Waals surface area contributed by atoms with E-state index >= 15 is 0 Å². The lowest BCUT2D eigenvalue weighted by molar-refractivity contribution is -0.143. The SMILES string of the molecule is COC(=O)N(Cc1cc(C(F)(F)F)cc(C(F)(F)F)c1)[C@H]1C[C@@H](C)N(C(=O)OC(C)C)c2c1cc(Cl)c1ccccc21. The lowest BCUT2D eigenvalue weighted by Crippen LogP contribution is -2.48. The number of rotatable bonds is 4. The highest BCUT2D eigenvalue weighted by Gasteiger charge is 2.42. The van der Waals surface area contributed by atoms with Gasteiger partial charge in [0.2, 0.25) is 0 Å². The Balaban J connectivity index is 1.91. The van der Waals surface area contributed by atoms with Crippen LogP contribution in [0.15, 0.2) is 48.5 Å². The fourth-order valence-corrected chi connectivity index (χ4v) is 5.47. The lowest BCUT2D eigenvalue weighted by Gasteiger charge is -2.43. The van der Waals surface area contributed by atoms with Crippen molar-refractivity contribution in [1.29, 1.82) is 0 Å². The molecule has 0 aliphatic carbocycles. The Morgan fingerprint density at radius 2 is 1.57 bits per heavy atom. The molecule has 0 aromatic heterocycles. The van der Waals surface area contributed by atoms with Gasteiger partial charge in [-0.25, -0.2) is 9.59 Å². The van der Waals surface area contributed by atoms with Gasteiger partial charge in [-0.15, -0.1) is 0 Å². The maximum Gasteiger partial charge on any atom is 0.416 e. The number of anilines is 1. The van der Waals surface area contributed by atoms with Crippen molar-refractivity contribution in [2.75, 3.05) is 12.0 Å². The summed E-state index contributed by atoms with van der Waals surface area (Å²) >= 11 is 6.61. The smallest absolute Gasteiger partial charge is 0.416 e. The van der Waals surface area contributed by atoms with Gasteiger partial charge in [-0.2, -0.15) is 26.3 Å². The average Bonchev–Trinajstić information content (AvgIpc) is 2.90. The molecule has 0 saturated carbocycles. The van der Waals surface area contributed by atoms with E-state index in [1.165, 1.54) is 11.0 Å². The second kappa shape index (κ2) is 11.5. The molecule has 0 N–H and O–H groups in total. The number of fused-ring (bicyclic) bond motifs is 3. The van der Waals surface area contributed by atoms with Gasteiger partial charge in [-0.05, 0) is 57.0 Å². The highest BCUT2D eigenvalue weighted by Crippen LogP contribution is 2.47. The first kappa shape index (κ1) is 31.3. The fraction of sp³-hybridized carbons (Fsp3) is 0.379. The molecule has 4 rings (SSSR count). The van der Waals surface area contributed by atoms with Crippen LogP contribution in [0.1, 0.15) is 55.5 Å². The molecular formula is C29H27ClF6N2O4. The maximum atomic E-state index is 13.6. The summed E-state index contributed by atoms with van der Waals surface area (Å²) in [5, 5.41) is 1.40. The number of ether oxygens (including phenoxy) is 2. The van der Waals surface area contributed by atoms with Crippen LogP contribution in [0.3, 0.4) is 0 Å². The van der Waals surface area contributed by atoms with E-state index in [1.54, 1.807) is 45.0 Å². The fourth-order valence-electron chi connectivity index (χ4n) is 5.19. The van der Waals surface area contributed by atoms with Gasteiger partial charge in [0.1, 0.15) is 0 Å². The summed E-state index contributed by atoms with van der Waals surface area (Å²) in [6.07, 6.45) is -12.2. The second-order valence-electron chi connectivity index (χ2n) is 10.3. The minimum Gasteiger partial charge on any atom is -0.453 e. The predicted octanol–water partition coefficient (Wildman–Crippen LogP) is 8.98. The predicted molar refractivity (Wildman–Crippen MR) is 144 cm³/mol. The molecule has 1 aliphatic rings. The topological polar surface area (TPSA) is 59.1 Å². The molecule has 0 spiro atoms. The van der Waals surface area contributed by atoms with Crippen molar-refractivity contribution in [2.45, 2.75) is 64.3 Å². The van der Waals surface area contributed by atoms with E-state index in [2.05, 4.69) is 0 Å². The van der Waals surface area contributed by atoms with Crippen molar-refractivity contribution in [2.24, 2.45) is 0 Å². The number of benzene rings is 3. The van der Waals surface area contributed by atoms with E-state index in [-0.39, 0.29) is 17.5 Å². The van der Waals surface area contributed by atoms with Crippen LogP contribution in [0.2, 0.25) is 5.02 Å². The molecule has 2 amide bonds. The minimum atomic E-state index is -5.07. The monoisotopic (exact) mass is 616 g/mol. The Hall–Kier alpha value is -3.67. The van der Waals surface area contributed by atoms with Gasteiger partial charge in [-0.1, -0.05) is 35.9 Å². The summed E-state index contributed by atoms with van der Waals surface area (Å²) in [5.74, 6) is 0. The molecule has 1 heterocycles. The molecule has 0 bridgehead atoms. The summed E-state index contributed by atoms with van der Waals surface area (Å²) in [4.78, 5) is 28.9. The van der Waals surface area contributed by atoms with Crippen LogP contribution in [0.5, 0.6) is 0 Å². The molecule has 6 nitrogen and oxygen atoms in total. The van der Waals surface area contributed by atoms with Crippen LogP contribution in [0.25, 0.3) is 10.8 Å². The number of methoxy groups -OCH3 is 1. The quantitative estimate of drug-likeness (QED) is 0.275. The standard InChI is InChI=1S/C29H27ClF6N2O4/c1-15(2)42-27(40)38-16(3)9-24(22-13-23(30)20-7-5-6-8-21(20)25(22)38)37(26(39)41-4)14-17-10-18(28(31,32)33)12-19(11-17)29(34,35)36/h5-8,10-13,15-16,24H,9,14H2,1-4H3/t16-,24+/m1/s1. The van der Waals surface area contributed by atoms with Gasteiger partial charge in [0, 0.05) is 33.9 Å². The molecule has 226 valence electrons. The Kier molecular flexibility index (Phi) is 8.59. The Morgan fingerprint density at radius 1 is 1.00 bits per heavy atom. The molecule has 13 heteroatoms. The Morgan fingerprint density at radius 3 is 2.10 bits per heavy atom. The van der Waals surface area contributed by atoms with Crippen molar-refractivity contribution in [3.05, 3.63) is 75.8 Å². The molecule has 2 atom stereocenters. The van der Waals surface area contributed by atoms with Crippen LogP contribution < -0.4 is 4.90 Å². The van der Waals surface area contributed by atoms with Crippen molar-refractivity contribution < 1.29 is 45.4 Å². The number of hydrogen-bond acceptors (Lipinski definition) is 4. The zero-order valence-electron chi connectivity index (χ0n) is 22.9. The Labute approximate surface area is 242 Å². The van der Waals surface area contributed by atoms with Gasteiger partial charge in [0.05, 0.1) is 36.1 Å². The number of amides is 2. The van der Waals surface area contributed by atoms with Gasteiger partial charge in [0.25, 0.3) is 0 Å². The Bertz CT molecular complexity index is 1480. The summed E-state index contributed by atoms with van der Waals surface area (Å²) < 4.78 is 91.8. The summed E-state index contributed by atoms with van der Waals surface area (Å²) in [5.41, 5.74) is -2.72. The van der Waals surface area contributed by atoms with Crippen molar-refractivity contribution in [3.8, 4) is 0 Å². The third kappa shape index (κ3) is 6.23. The summed E-state index contributed by atoms with van der Waals surface area (Å²) in [7, 11) is 1.05. The number of halogens is 7. The van der Waals surface area contributed by atoms with Crippen LogP contribution >= 0.6 is 11.6 Å². The van der Waals surface area contributed by atoms with E-state index in [4.69, 9.17) is 21.1 Å². The normalized spacial score (nSPS) is 17.3. The van der Waals surface area contributed by atoms with Crippen molar-refractivity contribution >= 4 is 40.2 Å². The van der Waals surface area contributed by atoms with Gasteiger partial charge < -0.3 is 9.47 Å². The molecule has 1 aliphatic heterocycles. The first-order chi connectivity index (χ1) is 19.5. The van der Waals surface area contributed by atoms with Crippen LogP contribution in [-0.4, -0.2) is 36.3 Å². The average molecular weight is 617 g/mol. The summed E-state index contributed by atoms with van der Waals surface area (Å²) in [6, 6.07) is 8.05. The largest absolute Gasteiger partial charge is 0.453 e. The van der Waals surface area contributed by atoms with Crippen LogP contribution in [-0.2, 0) is 28.4 Å². The van der Waals surface area contributed by atoms with E-state index in [0.717, 1.165) is 12.0 Å². The number of nitrogens with zero attached hydrogens (tertiary/aromatic N) is 2. The van der Waals surface area contributed by atoms with E-state index in [1.807, 2.05) is 0 Å². The third-order valence-corrected chi connectivity index (χ3v) is 7.23. The van der Waals surface area contributed by atoms with E-state index in [9.17, 15) is 35.9 Å². The van der Waals surface area contributed by atoms with Crippen molar-refractivity contribution in [3.63, 3.8) is 0 Å². The van der Waals surface area contributed by atoms with Gasteiger partial charge in [-0.3, -0.25) is 9.80 Å². The molecule has 0 radical (unpaired) electrons. The number of hydrogen-bond donors (Lipinski definition) is 0. The molecule has 3 aromatic carbocycles. The van der Waals surface area contributed by atoms with Gasteiger partial charge in [0.15, 0.2) is 0 Å². The zero-order valence-corrected chi connectivity index (χ0v) is 23.7.